The summed E-state index contributed by atoms with van der Waals surface area (Å²) in [7, 11) is 5.57. The van der Waals surface area contributed by atoms with Gasteiger partial charge in [0, 0.05) is 45.4 Å². The number of rotatable bonds is 9. The van der Waals surface area contributed by atoms with Gasteiger partial charge in [-0.1, -0.05) is 36.4 Å². The molecule has 1 unspecified atom stereocenters. The molecule has 5 rings (SSSR count). The van der Waals surface area contributed by atoms with Crippen LogP contribution in [0.2, 0.25) is 0 Å². The van der Waals surface area contributed by atoms with Crippen molar-refractivity contribution in [1.29, 1.82) is 0 Å². The standard InChI is InChI=1S/C15H21N3O3.C15H19N3/c1-16-13-6-5-11-10-21-18(9-12(11)8-13)14(4-3-7-19)15(20)17-2;1-17-14(12-18-9-5-6-10-18)11-16-15(17)13-7-3-2-4-8-13/h5-8,14,16H,3-4,9-10H2,1-2H3,(H,17,20);2-4,7-8,11H,5-6,9-10,12H2,1H3. The Hall–Kier alpha value is -3.53. The number of aldehydes is 1. The van der Waals surface area contributed by atoms with Gasteiger partial charge in [-0.25, -0.2) is 4.98 Å². The predicted octanol–water partition coefficient (Wildman–Crippen LogP) is 3.75. The molecule has 0 saturated carbocycles. The minimum absolute atomic E-state index is 0.134. The summed E-state index contributed by atoms with van der Waals surface area (Å²) in [4.78, 5) is 35.3. The summed E-state index contributed by atoms with van der Waals surface area (Å²) in [6.45, 7) is 4.45. The van der Waals surface area contributed by atoms with Gasteiger partial charge < -0.3 is 20.0 Å². The summed E-state index contributed by atoms with van der Waals surface area (Å²) in [6.07, 6.45) is 6.30. The number of hydroxylamine groups is 2. The fourth-order valence-corrected chi connectivity index (χ4v) is 5.05. The average Bonchev–Trinajstić information content (AvgIpc) is 3.63. The predicted molar refractivity (Wildman–Crippen MR) is 153 cm³/mol. The van der Waals surface area contributed by atoms with Gasteiger partial charge in [0.2, 0.25) is 5.91 Å². The van der Waals surface area contributed by atoms with Crippen molar-refractivity contribution in [3.8, 4) is 11.4 Å². The molecule has 9 heteroatoms. The Labute approximate surface area is 231 Å². The number of benzene rings is 2. The van der Waals surface area contributed by atoms with Crippen LogP contribution in [0.25, 0.3) is 11.4 Å². The van der Waals surface area contributed by atoms with Gasteiger partial charge in [0.05, 0.1) is 25.0 Å². The molecule has 0 radical (unpaired) electrons. The van der Waals surface area contributed by atoms with Crippen molar-refractivity contribution in [3.63, 3.8) is 0 Å². The van der Waals surface area contributed by atoms with Crippen LogP contribution in [-0.2, 0) is 41.2 Å². The number of likely N-dealkylation sites (N-methyl/N-ethyl adjacent to an activating group) is 1. The molecule has 1 amide bonds. The molecule has 208 valence electrons. The Kier molecular flexibility index (Phi) is 10.2. The number of carbonyl (C=O) groups is 2. The van der Waals surface area contributed by atoms with Crippen LogP contribution in [0.5, 0.6) is 0 Å². The normalized spacial score (nSPS) is 16.1. The van der Waals surface area contributed by atoms with Crippen molar-refractivity contribution in [1.82, 2.24) is 24.8 Å². The number of carbonyl (C=O) groups excluding carboxylic acids is 2. The van der Waals surface area contributed by atoms with Gasteiger partial charge >= 0.3 is 0 Å². The summed E-state index contributed by atoms with van der Waals surface area (Å²) in [5, 5.41) is 7.40. The highest BCUT2D eigenvalue weighted by Crippen LogP contribution is 2.26. The third kappa shape index (κ3) is 7.32. The number of nitrogens with zero attached hydrogens (tertiary/aromatic N) is 4. The molecule has 2 N–H and O–H groups in total. The third-order valence-corrected chi connectivity index (χ3v) is 7.36. The van der Waals surface area contributed by atoms with Gasteiger partial charge in [-0.05, 0) is 55.6 Å². The van der Waals surface area contributed by atoms with Crippen LogP contribution in [0.3, 0.4) is 0 Å². The molecule has 2 aliphatic heterocycles. The number of hydrogen-bond acceptors (Lipinski definition) is 7. The van der Waals surface area contributed by atoms with E-state index in [0.29, 0.717) is 26.0 Å². The van der Waals surface area contributed by atoms with Crippen molar-refractivity contribution in [3.05, 3.63) is 71.5 Å². The highest BCUT2D eigenvalue weighted by Gasteiger charge is 2.29. The first kappa shape index (κ1) is 28.5. The van der Waals surface area contributed by atoms with Crippen LogP contribution in [0.1, 0.15) is 42.5 Å². The van der Waals surface area contributed by atoms with Crippen LogP contribution in [0, 0.1) is 0 Å². The molecule has 1 aromatic heterocycles. The Morgan fingerprint density at radius 1 is 1.10 bits per heavy atom. The topological polar surface area (TPSA) is 91.7 Å². The van der Waals surface area contributed by atoms with E-state index in [0.717, 1.165) is 35.5 Å². The highest BCUT2D eigenvalue weighted by molar-refractivity contribution is 5.81. The van der Waals surface area contributed by atoms with E-state index in [1.807, 2.05) is 31.4 Å². The molecule has 1 saturated heterocycles. The van der Waals surface area contributed by atoms with Crippen LogP contribution >= 0.6 is 0 Å². The lowest BCUT2D eigenvalue weighted by Crippen LogP contribution is -2.46. The fourth-order valence-electron chi connectivity index (χ4n) is 5.05. The number of imidazole rings is 1. The summed E-state index contributed by atoms with van der Waals surface area (Å²) in [5.41, 5.74) is 5.77. The number of amides is 1. The Bertz CT molecular complexity index is 1220. The van der Waals surface area contributed by atoms with E-state index in [9.17, 15) is 9.59 Å². The van der Waals surface area contributed by atoms with Crippen LogP contribution < -0.4 is 10.6 Å². The average molecular weight is 533 g/mol. The van der Waals surface area contributed by atoms with Crippen molar-refractivity contribution in [2.24, 2.45) is 7.05 Å². The lowest BCUT2D eigenvalue weighted by Gasteiger charge is -2.33. The van der Waals surface area contributed by atoms with Gasteiger partial charge in [0.15, 0.2) is 0 Å². The fraction of sp³-hybridized carbons (Fsp3) is 0.433. The molecular formula is C30H40N6O3. The third-order valence-electron chi connectivity index (χ3n) is 7.36. The van der Waals surface area contributed by atoms with Crippen molar-refractivity contribution < 1.29 is 14.4 Å². The van der Waals surface area contributed by atoms with Gasteiger partial charge in [-0.3, -0.25) is 14.5 Å². The quantitative estimate of drug-likeness (QED) is 0.406. The molecular weight excluding hydrogens is 492 g/mol. The largest absolute Gasteiger partial charge is 0.388 e. The minimum atomic E-state index is -0.452. The van der Waals surface area contributed by atoms with E-state index < -0.39 is 6.04 Å². The smallest absolute Gasteiger partial charge is 0.239 e. The number of likely N-dealkylation sites (tertiary alicyclic amines) is 1. The van der Waals surface area contributed by atoms with Gasteiger partial charge in [0.1, 0.15) is 18.2 Å². The molecule has 1 fully saturated rings. The number of fused-ring (bicyclic) bond motifs is 1. The zero-order valence-electron chi connectivity index (χ0n) is 23.2. The second-order valence-electron chi connectivity index (χ2n) is 9.94. The van der Waals surface area contributed by atoms with Crippen molar-refractivity contribution in [2.45, 2.75) is 51.4 Å². The second-order valence-corrected chi connectivity index (χ2v) is 9.94. The maximum atomic E-state index is 12.0. The van der Waals surface area contributed by atoms with E-state index in [1.165, 1.54) is 37.2 Å². The monoisotopic (exact) mass is 532 g/mol. The van der Waals surface area contributed by atoms with E-state index in [-0.39, 0.29) is 5.91 Å². The Balaban J connectivity index is 0.000000183. The summed E-state index contributed by atoms with van der Waals surface area (Å²) in [5.74, 6) is 0.926. The second kappa shape index (κ2) is 14.0. The first-order valence-electron chi connectivity index (χ1n) is 13.7. The van der Waals surface area contributed by atoms with Crippen LogP contribution in [0.4, 0.5) is 5.69 Å². The maximum Gasteiger partial charge on any atom is 0.239 e. The summed E-state index contributed by atoms with van der Waals surface area (Å²) >= 11 is 0. The zero-order valence-corrected chi connectivity index (χ0v) is 23.2. The minimum Gasteiger partial charge on any atom is -0.388 e. The molecule has 3 heterocycles. The lowest BCUT2D eigenvalue weighted by molar-refractivity contribution is -0.214. The molecule has 1 atom stereocenters. The zero-order chi connectivity index (χ0) is 27.6. The molecule has 39 heavy (non-hydrogen) atoms. The van der Waals surface area contributed by atoms with E-state index in [1.54, 1.807) is 12.1 Å². The van der Waals surface area contributed by atoms with E-state index in [4.69, 9.17) is 4.84 Å². The number of hydrogen-bond donors (Lipinski definition) is 2. The van der Waals surface area contributed by atoms with E-state index >= 15 is 0 Å². The molecule has 3 aromatic rings. The van der Waals surface area contributed by atoms with Gasteiger partial charge in [-0.2, -0.15) is 5.06 Å². The van der Waals surface area contributed by atoms with Crippen LogP contribution in [0.15, 0.2) is 54.7 Å². The molecule has 0 bridgehead atoms. The van der Waals surface area contributed by atoms with Gasteiger partial charge in [0.25, 0.3) is 0 Å². The molecule has 9 nitrogen and oxygen atoms in total. The lowest BCUT2D eigenvalue weighted by atomic mass is 10.0. The van der Waals surface area contributed by atoms with Crippen molar-refractivity contribution in [2.75, 3.05) is 32.5 Å². The number of nitrogens with one attached hydrogen (secondary N) is 2. The summed E-state index contributed by atoms with van der Waals surface area (Å²) < 4.78 is 2.22. The Morgan fingerprint density at radius 2 is 1.87 bits per heavy atom. The van der Waals surface area contributed by atoms with Crippen LogP contribution in [-0.4, -0.2) is 64.9 Å². The highest BCUT2D eigenvalue weighted by atomic mass is 16.7. The number of aromatic nitrogens is 2. The van der Waals surface area contributed by atoms with Gasteiger partial charge in [-0.15, -0.1) is 0 Å². The Morgan fingerprint density at radius 3 is 2.56 bits per heavy atom. The molecule has 2 aliphatic rings. The molecule has 0 spiro atoms. The number of anilines is 1. The SMILES string of the molecule is CNC(=O)C(CCC=O)N1Cc2cc(NC)ccc2CO1.Cn1c(CN2CCCC2)cnc1-c1ccccc1. The van der Waals surface area contributed by atoms with Crippen molar-refractivity contribution >= 4 is 17.9 Å². The first-order chi connectivity index (χ1) is 19.0. The molecule has 0 aliphatic carbocycles. The first-order valence-corrected chi connectivity index (χ1v) is 13.7. The maximum absolute atomic E-state index is 12.0. The van der Waals surface area contributed by atoms with E-state index in [2.05, 4.69) is 62.5 Å². The molecule has 2 aromatic carbocycles. The summed E-state index contributed by atoms with van der Waals surface area (Å²) in [6, 6.07) is 16.0.